The van der Waals surface area contributed by atoms with Crippen LogP contribution in [0.5, 0.6) is 5.75 Å². The van der Waals surface area contributed by atoms with Crippen molar-refractivity contribution in [1.29, 1.82) is 5.15 Å². The number of aromatic nitrogens is 3. The van der Waals surface area contributed by atoms with Crippen molar-refractivity contribution >= 4 is 156 Å². The van der Waals surface area contributed by atoms with Gasteiger partial charge in [-0.15, -0.1) is 83.1 Å². The first-order valence-corrected chi connectivity index (χ1v) is 44.3. The fourth-order valence-corrected chi connectivity index (χ4v) is 18.3. The first kappa shape index (κ1) is 87.2. The van der Waals surface area contributed by atoms with Gasteiger partial charge in [0, 0.05) is 103 Å². The molecule has 23 aromatic rings. The third kappa shape index (κ3) is 19.6. The van der Waals surface area contributed by atoms with Gasteiger partial charge in [0.2, 0.25) is 0 Å². The summed E-state index contributed by atoms with van der Waals surface area (Å²) in [6, 6.07) is 168. The third-order valence-electron chi connectivity index (χ3n) is 22.9. The summed E-state index contributed by atoms with van der Waals surface area (Å²) < 4.78 is 13.6. The molecule has 0 aliphatic heterocycles. The molecular weight excluding hydrogens is 1810 g/mol. The van der Waals surface area contributed by atoms with Gasteiger partial charge in [-0.05, 0) is 212 Å². The number of thiophene rings is 1. The van der Waals surface area contributed by atoms with Crippen molar-refractivity contribution in [3.63, 3.8) is 0 Å². The topological polar surface area (TPSA) is 78.2 Å². The van der Waals surface area contributed by atoms with Gasteiger partial charge in [0.05, 0.1) is 11.4 Å². The van der Waals surface area contributed by atoms with Crippen LogP contribution in [0.2, 0.25) is 1.41 Å². The molecule has 0 atom stereocenters. The molecule has 23 rings (SSSR count). The molecule has 626 valence electrons. The molecule has 4 aromatic heterocycles. The van der Waals surface area contributed by atoms with Crippen molar-refractivity contribution < 1.29 is 25.3 Å². The molecule has 0 spiro atoms. The molecule has 0 aliphatic rings. The standard InChI is InChI=1S/C44H32N2.C36H22S.C18H14N.C11H8N.C9H7NO.CH4.Al.Ir.H2NP.H/c1-3-17-37(18-4-1)45(43-23-11-15-35-13-7-9-21-41(35)43)39-29-25-33(26-30-39)34-27-31-40(32-28-34)46(38-19-5-2-6-20-38)44-24-12-16-36-14-8-10-22-42(36)44;1-2-13-29-27(11-1)28-12-3-4-14-30(28)34-22-24(19-20-31(29)34)23-9-7-10-25(21-23)26-16-8-17-33-32-15-5-6-18-35(32)37-36(26)33;1-14-12-18(16-10-6-3-7-11-16)19-13-17(14)15-8-4-2-5-9-15;1-2-6-10(7-3-1)11-8-4-5-9-12-11;11-8-5-1-3-7-4-2-6-10-9(7)8;;;;1-2;/h1-32H;1-22H;2-10,12-13H,1H3;1-6,8-9H;1-6,11H;1H4;;;1-2H;/q;;2*-1;;;+1;;;/p-1/i/hD. The van der Waals surface area contributed by atoms with Crippen LogP contribution < -0.4 is 13.6 Å². The zero-order chi connectivity index (χ0) is 87.5. The molecule has 0 fully saturated rings. The van der Waals surface area contributed by atoms with Crippen molar-refractivity contribution in [3.05, 3.63) is 497 Å². The van der Waals surface area contributed by atoms with Crippen LogP contribution in [0.1, 0.15) is 13.0 Å². The van der Waals surface area contributed by atoms with Crippen molar-refractivity contribution in [3.8, 4) is 72.8 Å². The Labute approximate surface area is 789 Å². The van der Waals surface area contributed by atoms with Crippen LogP contribution in [-0.2, 0) is 20.1 Å². The summed E-state index contributed by atoms with van der Waals surface area (Å²) in [5, 5.41) is 19.1. The molecule has 0 saturated heterocycles. The maximum Gasteiger partial charge on any atom is 0.494 e. The first-order chi connectivity index (χ1) is 63.8. The van der Waals surface area contributed by atoms with Crippen LogP contribution in [-0.4, -0.2) is 31.6 Å². The Morgan fingerprint density at radius 1 is 0.331 bits per heavy atom. The van der Waals surface area contributed by atoms with Gasteiger partial charge in [-0.25, -0.2) is 0 Å². The summed E-state index contributed by atoms with van der Waals surface area (Å²) in [7, 11) is 2.48. The number of benzene rings is 19. The van der Waals surface area contributed by atoms with E-state index in [0.717, 1.165) is 73.3 Å². The van der Waals surface area contributed by atoms with E-state index in [0.29, 0.717) is 0 Å². The van der Waals surface area contributed by atoms with Gasteiger partial charge < -0.3 is 23.6 Å². The van der Waals surface area contributed by atoms with E-state index >= 15 is 0 Å². The number of nitrogens with zero attached hydrogens (tertiary/aromatic N) is 5. The molecular formula is C119H89AlIrN6OPS-2. The normalized spacial score (nSPS) is 10.7. The van der Waals surface area contributed by atoms with Gasteiger partial charge in [-0.3, -0.25) is 10.1 Å². The van der Waals surface area contributed by atoms with Crippen molar-refractivity contribution in [2.75, 3.05) is 9.80 Å². The van der Waals surface area contributed by atoms with Gasteiger partial charge >= 0.3 is 16.6 Å². The SMILES string of the molecule is C.Cc1cc(-c2[c-]cccc2)ncc1-c1ccccc1.[2H]N=P.[AlH][O]c1cccc2cccnc12.[Ir].[c-]1ccccc1-c1ccccn1.c1cc(-c2ccc3c4ccccc4c4ccccc4c3c2)cc(-c2cccc3c2sc2ccccc23)c1.c1ccc(N(c2ccc(-c3ccc(N(c4ccccc4)c4cccc5ccccc45)cc3)cc2)c2cccc3ccccc23)cc1. The first-order valence-electron chi connectivity index (χ1n) is 42.9. The number of fused-ring (bicyclic) bond motifs is 12. The van der Waals surface area contributed by atoms with Crippen LogP contribution in [0.4, 0.5) is 34.1 Å². The van der Waals surface area contributed by atoms with E-state index in [2.05, 4.69) is 404 Å². The van der Waals surface area contributed by atoms with E-state index in [-0.39, 0.29) is 27.5 Å². The molecule has 11 heteroatoms. The molecule has 0 unspecified atom stereocenters. The molecule has 2 radical (unpaired) electrons. The second-order valence-corrected chi connectivity index (χ2v) is 32.0. The quantitative estimate of drug-likeness (QED) is 0.0536. The zero-order valence-corrected chi connectivity index (χ0v) is 76.3. The van der Waals surface area contributed by atoms with Crippen LogP contribution in [0.25, 0.3) is 152 Å². The molecule has 130 heavy (non-hydrogen) atoms. The van der Waals surface area contributed by atoms with Gasteiger partial charge in [-0.2, -0.15) is 0 Å². The number of para-hydroxylation sites is 3. The number of hydrogen-bond acceptors (Lipinski definition) is 8. The Balaban J connectivity index is 0.000000130. The van der Waals surface area contributed by atoms with Crippen LogP contribution in [0.15, 0.2) is 480 Å². The largest absolute Gasteiger partial charge is 0.649 e. The third-order valence-corrected chi connectivity index (χ3v) is 24.4. The average molecular weight is 1900 g/mol. The molecule has 1 N–H and O–H groups in total. The van der Waals surface area contributed by atoms with Crippen LogP contribution in [0.3, 0.4) is 0 Å². The Kier molecular flexibility index (Phi) is 28.6. The smallest absolute Gasteiger partial charge is 0.494 e. The van der Waals surface area contributed by atoms with Gasteiger partial charge in [0.15, 0.2) is 1.41 Å². The molecule has 4 heterocycles. The Morgan fingerprint density at radius 2 is 0.754 bits per heavy atom. The Morgan fingerprint density at radius 3 is 1.32 bits per heavy atom. The van der Waals surface area contributed by atoms with Crippen LogP contribution >= 0.6 is 20.4 Å². The number of aryl methyl sites for hydroxylation is 1. The minimum Gasteiger partial charge on any atom is -0.649 e. The fraction of sp³-hybridized carbons (Fsp3) is 0.0168. The minimum atomic E-state index is 0. The van der Waals surface area contributed by atoms with Crippen molar-refractivity contribution in [2.24, 2.45) is 0 Å². The molecule has 0 amide bonds. The summed E-state index contributed by atoms with van der Waals surface area (Å²) >= 11 is 3.36. The summed E-state index contributed by atoms with van der Waals surface area (Å²) in [5.74, 6) is 0.839. The van der Waals surface area contributed by atoms with Gasteiger partial charge in [-0.1, -0.05) is 323 Å². The maximum absolute atomic E-state index is 5.75. The zero-order valence-electron chi connectivity index (χ0n) is 71.7. The monoisotopic (exact) mass is 1900 g/mol. The summed E-state index contributed by atoms with van der Waals surface area (Å²) in [4.78, 5) is 17.7. The van der Waals surface area contributed by atoms with E-state index in [4.69, 9.17) is 5.20 Å². The molecule has 0 saturated carbocycles. The predicted octanol–water partition coefficient (Wildman–Crippen LogP) is 33.5. The summed E-state index contributed by atoms with van der Waals surface area (Å²) in [6.45, 7) is 2.12. The summed E-state index contributed by atoms with van der Waals surface area (Å²) in [5.41, 5.74) is 22.8. The number of hydrogen-bond donors (Lipinski definition) is 1. The van der Waals surface area contributed by atoms with Gasteiger partial charge in [0.25, 0.3) is 0 Å². The number of anilines is 6. The predicted molar refractivity (Wildman–Crippen MR) is 553 cm³/mol. The Hall–Kier alpha value is -14.9. The number of rotatable bonds is 13. The second-order valence-electron chi connectivity index (χ2n) is 30.6. The Bertz CT molecular complexity index is 7530. The second kappa shape index (κ2) is 42.6. The van der Waals surface area contributed by atoms with E-state index in [1.807, 2.05) is 133 Å². The van der Waals surface area contributed by atoms with Crippen molar-refractivity contribution in [1.82, 2.24) is 15.0 Å². The van der Waals surface area contributed by atoms with Crippen molar-refractivity contribution in [2.45, 2.75) is 14.4 Å². The minimum absolute atomic E-state index is 0. The van der Waals surface area contributed by atoms with E-state index in [9.17, 15) is 0 Å². The van der Waals surface area contributed by atoms with E-state index < -0.39 is 0 Å². The number of nitrogens with one attached hydrogen (secondary N) is 1. The maximum atomic E-state index is 5.75. The van der Waals surface area contributed by atoms with E-state index in [1.165, 1.54) is 141 Å². The molecule has 0 bridgehead atoms. The van der Waals surface area contributed by atoms with E-state index in [1.54, 1.807) is 12.4 Å². The fourth-order valence-electron chi connectivity index (χ4n) is 16.8. The van der Waals surface area contributed by atoms with Crippen LogP contribution in [0, 0.1) is 24.2 Å². The van der Waals surface area contributed by atoms with Gasteiger partial charge in [0.1, 0.15) is 11.3 Å². The number of pyridine rings is 3. The molecule has 19 aromatic carbocycles. The molecule has 7 nitrogen and oxygen atoms in total. The molecule has 0 aliphatic carbocycles. The average Bonchev–Trinajstić information content (AvgIpc) is 1.30. The summed E-state index contributed by atoms with van der Waals surface area (Å²) in [6.07, 6.45) is 5.50.